The van der Waals surface area contributed by atoms with Crippen molar-refractivity contribution in [3.63, 3.8) is 0 Å². The van der Waals surface area contributed by atoms with Crippen LogP contribution in [0.5, 0.6) is 0 Å². The second-order valence-corrected chi connectivity index (χ2v) is 3.26. The highest BCUT2D eigenvalue weighted by molar-refractivity contribution is 5.77. The van der Waals surface area contributed by atoms with E-state index in [1.54, 1.807) is 0 Å². The average Bonchev–Trinajstić information content (AvgIpc) is 2.21. The van der Waals surface area contributed by atoms with Gasteiger partial charge in [0.25, 0.3) is 0 Å². The summed E-state index contributed by atoms with van der Waals surface area (Å²) in [6.07, 6.45) is -4.43. The first-order chi connectivity index (χ1) is 7.90. The Balaban J connectivity index is 4.06. The third-order valence-electron chi connectivity index (χ3n) is 1.78. The average molecular weight is 258 g/mol. The van der Waals surface area contributed by atoms with Crippen LogP contribution < -0.4 is 5.73 Å². The third-order valence-corrected chi connectivity index (χ3v) is 1.78. The van der Waals surface area contributed by atoms with Crippen LogP contribution in [0.25, 0.3) is 0 Å². The molecule has 5 nitrogen and oxygen atoms in total. The van der Waals surface area contributed by atoms with E-state index in [4.69, 9.17) is 10.5 Å². The molecule has 0 saturated heterocycles. The molecular weight excluding hydrogens is 241 g/mol. The van der Waals surface area contributed by atoms with Gasteiger partial charge in [-0.15, -0.1) is 0 Å². The van der Waals surface area contributed by atoms with E-state index in [0.29, 0.717) is 4.90 Å². The topological polar surface area (TPSA) is 64.8 Å². The Morgan fingerprint density at radius 2 is 2.00 bits per heavy atom. The second kappa shape index (κ2) is 8.26. The quantitative estimate of drug-likeness (QED) is 0.622. The molecule has 0 heterocycles. The first kappa shape index (κ1) is 16.1. The minimum absolute atomic E-state index is 0.0279. The maximum absolute atomic E-state index is 12.1. The lowest BCUT2D eigenvalue weighted by molar-refractivity contribution is -0.163. The third kappa shape index (κ3) is 8.90. The van der Waals surface area contributed by atoms with E-state index in [2.05, 4.69) is 4.74 Å². The van der Waals surface area contributed by atoms with Gasteiger partial charge in [-0.3, -0.25) is 4.79 Å². The summed E-state index contributed by atoms with van der Waals surface area (Å²) in [6, 6.07) is 0. The molecule has 0 fully saturated rings. The predicted molar refractivity (Wildman–Crippen MR) is 54.4 cm³/mol. The molecule has 0 aromatic heterocycles. The van der Waals surface area contributed by atoms with Crippen LogP contribution in [0.3, 0.4) is 0 Å². The first-order valence-electron chi connectivity index (χ1n) is 5.02. The van der Waals surface area contributed by atoms with Crippen molar-refractivity contribution in [1.82, 2.24) is 4.90 Å². The van der Waals surface area contributed by atoms with Crippen molar-refractivity contribution in [2.45, 2.75) is 6.18 Å². The highest BCUT2D eigenvalue weighted by Crippen LogP contribution is 2.16. The highest BCUT2D eigenvalue weighted by atomic mass is 19.4. The summed E-state index contributed by atoms with van der Waals surface area (Å²) < 4.78 is 45.9. The number of hydrogen-bond acceptors (Lipinski definition) is 4. The molecule has 0 radical (unpaired) electrons. The highest BCUT2D eigenvalue weighted by Gasteiger charge is 2.32. The van der Waals surface area contributed by atoms with Crippen LogP contribution in [0.2, 0.25) is 0 Å². The lowest BCUT2D eigenvalue weighted by atomic mass is 10.4. The zero-order chi connectivity index (χ0) is 13.3. The van der Waals surface area contributed by atoms with E-state index in [0.717, 1.165) is 0 Å². The van der Waals surface area contributed by atoms with Gasteiger partial charge in [0.05, 0.1) is 13.2 Å². The van der Waals surface area contributed by atoms with E-state index in [-0.39, 0.29) is 26.3 Å². The fourth-order valence-electron chi connectivity index (χ4n) is 1.06. The van der Waals surface area contributed by atoms with Gasteiger partial charge in [-0.2, -0.15) is 13.2 Å². The number of carbonyl (C=O) groups is 1. The molecule has 8 heteroatoms. The van der Waals surface area contributed by atoms with Crippen molar-refractivity contribution >= 4 is 5.91 Å². The first-order valence-corrected chi connectivity index (χ1v) is 5.02. The van der Waals surface area contributed by atoms with Gasteiger partial charge in [-0.05, 0) is 0 Å². The number of hydrogen-bond donors (Lipinski definition) is 1. The number of nitrogens with zero attached hydrogens (tertiary/aromatic N) is 1. The molecule has 2 N–H and O–H groups in total. The molecule has 17 heavy (non-hydrogen) atoms. The van der Waals surface area contributed by atoms with Crippen LogP contribution >= 0.6 is 0 Å². The molecule has 0 spiro atoms. The maximum Gasteiger partial charge on any atom is 0.406 e. The Kier molecular flexibility index (Phi) is 7.85. The van der Waals surface area contributed by atoms with Gasteiger partial charge < -0.3 is 20.1 Å². The van der Waals surface area contributed by atoms with E-state index >= 15 is 0 Å². The Morgan fingerprint density at radius 1 is 1.35 bits per heavy atom. The van der Waals surface area contributed by atoms with Gasteiger partial charge in [0.1, 0.15) is 13.2 Å². The molecule has 0 unspecified atom stereocenters. The zero-order valence-electron chi connectivity index (χ0n) is 9.63. The van der Waals surface area contributed by atoms with Crippen LogP contribution in [-0.4, -0.2) is 63.5 Å². The van der Waals surface area contributed by atoms with E-state index in [1.807, 2.05) is 0 Å². The van der Waals surface area contributed by atoms with Gasteiger partial charge in [-0.25, -0.2) is 0 Å². The lowest BCUT2D eigenvalue weighted by Gasteiger charge is -2.23. The number of amides is 1. The standard InChI is InChI=1S/C9H17F3N2O3/c1-16-4-5-17-6-8(15)14(3-2-13)7-9(10,11)12/h2-7,13H2,1H3. The SMILES string of the molecule is COCCOCC(=O)N(CCN)CC(F)(F)F. The summed E-state index contributed by atoms with van der Waals surface area (Å²) in [6.45, 7) is -1.45. The van der Waals surface area contributed by atoms with Crippen molar-refractivity contribution < 1.29 is 27.4 Å². The van der Waals surface area contributed by atoms with Crippen LogP contribution in [0.15, 0.2) is 0 Å². The monoisotopic (exact) mass is 258 g/mol. The molecule has 0 saturated carbocycles. The summed E-state index contributed by atoms with van der Waals surface area (Å²) in [5, 5.41) is 0. The van der Waals surface area contributed by atoms with Gasteiger partial charge >= 0.3 is 6.18 Å². The normalized spacial score (nSPS) is 11.6. The summed E-state index contributed by atoms with van der Waals surface area (Å²) in [4.78, 5) is 12.0. The molecule has 0 atom stereocenters. The Hall–Kier alpha value is -0.860. The fraction of sp³-hybridized carbons (Fsp3) is 0.889. The van der Waals surface area contributed by atoms with Gasteiger partial charge in [0.2, 0.25) is 5.91 Å². The molecule has 0 aliphatic carbocycles. The van der Waals surface area contributed by atoms with Crippen molar-refractivity contribution in [1.29, 1.82) is 0 Å². The van der Waals surface area contributed by atoms with Gasteiger partial charge in [-0.1, -0.05) is 0 Å². The molecule has 0 aromatic carbocycles. The number of alkyl halides is 3. The molecule has 1 amide bonds. The van der Waals surface area contributed by atoms with Crippen LogP contribution in [0, 0.1) is 0 Å². The minimum atomic E-state index is -4.43. The summed E-state index contributed by atoms with van der Waals surface area (Å²) in [5.74, 6) is -0.733. The van der Waals surface area contributed by atoms with Crippen molar-refractivity contribution in [3.8, 4) is 0 Å². The van der Waals surface area contributed by atoms with Gasteiger partial charge in [0.15, 0.2) is 0 Å². The Morgan fingerprint density at radius 3 is 2.47 bits per heavy atom. The van der Waals surface area contributed by atoms with Crippen molar-refractivity contribution in [2.24, 2.45) is 5.73 Å². The molecule has 0 aliphatic heterocycles. The van der Waals surface area contributed by atoms with E-state index in [9.17, 15) is 18.0 Å². The number of carbonyl (C=O) groups excluding carboxylic acids is 1. The summed E-state index contributed by atoms with van der Waals surface area (Å²) >= 11 is 0. The number of rotatable bonds is 8. The molecular formula is C9H17F3N2O3. The predicted octanol–water partition coefficient (Wildman–Crippen LogP) is -0.001000. The molecule has 0 bridgehead atoms. The van der Waals surface area contributed by atoms with Crippen LogP contribution in [-0.2, 0) is 14.3 Å². The summed E-state index contributed by atoms with van der Waals surface area (Å²) in [7, 11) is 1.45. The second-order valence-electron chi connectivity index (χ2n) is 3.26. The summed E-state index contributed by atoms with van der Waals surface area (Å²) in [5.41, 5.74) is 5.14. The number of halogens is 3. The molecule has 0 aromatic rings. The largest absolute Gasteiger partial charge is 0.406 e. The Labute approximate surface area is 97.6 Å². The number of nitrogens with two attached hydrogens (primary N) is 1. The smallest absolute Gasteiger partial charge is 0.382 e. The lowest BCUT2D eigenvalue weighted by Crippen LogP contribution is -2.43. The van der Waals surface area contributed by atoms with Crippen LogP contribution in [0.4, 0.5) is 13.2 Å². The zero-order valence-corrected chi connectivity index (χ0v) is 9.63. The number of methoxy groups -OCH3 is 1. The number of ether oxygens (including phenoxy) is 2. The van der Waals surface area contributed by atoms with E-state index in [1.165, 1.54) is 7.11 Å². The van der Waals surface area contributed by atoms with Crippen molar-refractivity contribution in [3.05, 3.63) is 0 Å². The maximum atomic E-state index is 12.1. The molecule has 0 aliphatic rings. The fourth-order valence-corrected chi connectivity index (χ4v) is 1.06. The van der Waals surface area contributed by atoms with E-state index < -0.39 is 25.2 Å². The molecule has 0 rings (SSSR count). The Bertz CT molecular complexity index is 224. The van der Waals surface area contributed by atoms with Gasteiger partial charge in [0, 0.05) is 20.2 Å². The van der Waals surface area contributed by atoms with Crippen LogP contribution in [0.1, 0.15) is 0 Å². The molecule has 102 valence electrons. The van der Waals surface area contributed by atoms with Crippen molar-refractivity contribution in [2.75, 3.05) is 46.6 Å². The minimum Gasteiger partial charge on any atom is -0.382 e.